The van der Waals surface area contributed by atoms with E-state index in [9.17, 15) is 4.79 Å². The molecule has 1 aliphatic rings. The number of hydrogen-bond donors (Lipinski definition) is 2. The standard InChI is InChI=1S/C17H35N3O/c1-14(2)20(4)11-6-5-10-19-17(21)12-15(3)16-8-7-9-18-13-16/h14-16,18H,5-13H2,1-4H3,(H,19,21). The lowest BCUT2D eigenvalue weighted by molar-refractivity contribution is -0.122. The molecule has 1 heterocycles. The Morgan fingerprint density at radius 1 is 1.33 bits per heavy atom. The molecule has 0 aromatic rings. The highest BCUT2D eigenvalue weighted by Crippen LogP contribution is 2.22. The highest BCUT2D eigenvalue weighted by atomic mass is 16.1. The van der Waals surface area contributed by atoms with Gasteiger partial charge < -0.3 is 15.5 Å². The van der Waals surface area contributed by atoms with E-state index in [2.05, 4.69) is 43.4 Å². The number of rotatable bonds is 9. The highest BCUT2D eigenvalue weighted by molar-refractivity contribution is 5.76. The van der Waals surface area contributed by atoms with E-state index in [4.69, 9.17) is 0 Å². The maximum Gasteiger partial charge on any atom is 0.220 e. The van der Waals surface area contributed by atoms with E-state index in [1.165, 1.54) is 12.8 Å². The molecule has 124 valence electrons. The van der Waals surface area contributed by atoms with Gasteiger partial charge in [0.05, 0.1) is 0 Å². The molecule has 0 bridgehead atoms. The molecule has 1 rings (SSSR count). The van der Waals surface area contributed by atoms with Crippen LogP contribution in [-0.4, -0.2) is 50.1 Å². The van der Waals surface area contributed by atoms with Crippen molar-refractivity contribution in [2.45, 2.75) is 58.9 Å². The van der Waals surface area contributed by atoms with Crippen LogP contribution in [0.5, 0.6) is 0 Å². The van der Waals surface area contributed by atoms with Gasteiger partial charge in [-0.2, -0.15) is 0 Å². The molecule has 2 N–H and O–H groups in total. The first-order valence-corrected chi connectivity index (χ1v) is 8.68. The number of unbranched alkanes of at least 4 members (excludes halogenated alkanes) is 1. The van der Waals surface area contributed by atoms with Gasteiger partial charge in [-0.1, -0.05) is 6.92 Å². The van der Waals surface area contributed by atoms with E-state index in [-0.39, 0.29) is 5.91 Å². The van der Waals surface area contributed by atoms with E-state index >= 15 is 0 Å². The summed E-state index contributed by atoms with van der Waals surface area (Å²) in [6, 6.07) is 0.601. The van der Waals surface area contributed by atoms with Crippen molar-refractivity contribution in [3.8, 4) is 0 Å². The Bertz CT molecular complexity index is 288. The average molecular weight is 297 g/mol. The second kappa shape index (κ2) is 10.2. The van der Waals surface area contributed by atoms with Crippen molar-refractivity contribution in [3.63, 3.8) is 0 Å². The van der Waals surface area contributed by atoms with E-state index in [1.54, 1.807) is 0 Å². The Morgan fingerprint density at radius 2 is 2.10 bits per heavy atom. The van der Waals surface area contributed by atoms with Crippen molar-refractivity contribution >= 4 is 5.91 Å². The topological polar surface area (TPSA) is 44.4 Å². The molecule has 0 aliphatic carbocycles. The molecule has 2 atom stereocenters. The van der Waals surface area contributed by atoms with E-state index in [1.807, 2.05) is 0 Å². The van der Waals surface area contributed by atoms with Gasteiger partial charge in [-0.15, -0.1) is 0 Å². The van der Waals surface area contributed by atoms with Crippen molar-refractivity contribution in [3.05, 3.63) is 0 Å². The molecule has 21 heavy (non-hydrogen) atoms. The fourth-order valence-electron chi connectivity index (χ4n) is 2.87. The smallest absolute Gasteiger partial charge is 0.220 e. The molecule has 4 heteroatoms. The van der Waals surface area contributed by atoms with Crippen LogP contribution >= 0.6 is 0 Å². The molecule has 1 saturated heterocycles. The van der Waals surface area contributed by atoms with Crippen LogP contribution in [0.15, 0.2) is 0 Å². The van der Waals surface area contributed by atoms with Crippen molar-refractivity contribution in [1.29, 1.82) is 0 Å². The molecule has 0 aromatic carbocycles. The van der Waals surface area contributed by atoms with E-state index in [0.29, 0.717) is 24.3 Å². The molecule has 0 saturated carbocycles. The zero-order valence-electron chi connectivity index (χ0n) is 14.5. The van der Waals surface area contributed by atoms with Gasteiger partial charge in [-0.25, -0.2) is 0 Å². The molecular formula is C17H35N3O. The lowest BCUT2D eigenvalue weighted by Gasteiger charge is -2.28. The van der Waals surface area contributed by atoms with Crippen LogP contribution in [-0.2, 0) is 4.79 Å². The normalized spacial score (nSPS) is 20.8. The average Bonchev–Trinajstić information content (AvgIpc) is 2.47. The number of carbonyl (C=O) groups is 1. The largest absolute Gasteiger partial charge is 0.356 e. The summed E-state index contributed by atoms with van der Waals surface area (Å²) in [5.41, 5.74) is 0. The Labute approximate surface area is 131 Å². The molecule has 1 fully saturated rings. The third kappa shape index (κ3) is 7.82. The first kappa shape index (κ1) is 18.4. The Morgan fingerprint density at radius 3 is 2.71 bits per heavy atom. The lowest BCUT2D eigenvalue weighted by atomic mass is 9.85. The van der Waals surface area contributed by atoms with Gasteiger partial charge >= 0.3 is 0 Å². The zero-order valence-corrected chi connectivity index (χ0v) is 14.5. The lowest BCUT2D eigenvalue weighted by Crippen LogP contribution is -2.35. The molecule has 2 unspecified atom stereocenters. The number of carbonyl (C=O) groups excluding carboxylic acids is 1. The van der Waals surface area contributed by atoms with Crippen molar-refractivity contribution < 1.29 is 4.79 Å². The molecule has 0 radical (unpaired) electrons. The summed E-state index contributed by atoms with van der Waals surface area (Å²) in [5, 5.41) is 6.51. The van der Waals surface area contributed by atoms with Crippen LogP contribution in [0.4, 0.5) is 0 Å². The monoisotopic (exact) mass is 297 g/mol. The third-order valence-corrected chi connectivity index (χ3v) is 4.79. The van der Waals surface area contributed by atoms with Gasteiger partial charge in [-0.3, -0.25) is 4.79 Å². The SMILES string of the molecule is CC(CC(=O)NCCCCN(C)C(C)C)C1CCCNC1. The van der Waals surface area contributed by atoms with Crippen LogP contribution in [0.25, 0.3) is 0 Å². The molecular weight excluding hydrogens is 262 g/mol. The van der Waals surface area contributed by atoms with Crippen LogP contribution in [0.3, 0.4) is 0 Å². The summed E-state index contributed by atoms with van der Waals surface area (Å²) in [5.74, 6) is 1.39. The first-order chi connectivity index (χ1) is 10.0. The summed E-state index contributed by atoms with van der Waals surface area (Å²) < 4.78 is 0. The Kier molecular flexibility index (Phi) is 8.93. The van der Waals surface area contributed by atoms with Crippen LogP contribution in [0, 0.1) is 11.8 Å². The van der Waals surface area contributed by atoms with Gasteiger partial charge in [0, 0.05) is 19.0 Å². The quantitative estimate of drug-likeness (QED) is 0.642. The van der Waals surface area contributed by atoms with E-state index in [0.717, 1.165) is 39.0 Å². The minimum Gasteiger partial charge on any atom is -0.356 e. The predicted molar refractivity (Wildman–Crippen MR) is 89.4 cm³/mol. The second-order valence-electron chi connectivity index (χ2n) is 6.92. The van der Waals surface area contributed by atoms with Crippen LogP contribution in [0.1, 0.15) is 52.9 Å². The Balaban J connectivity index is 2.05. The summed E-state index contributed by atoms with van der Waals surface area (Å²) in [7, 11) is 2.16. The molecule has 4 nitrogen and oxygen atoms in total. The Hall–Kier alpha value is -0.610. The number of nitrogens with zero attached hydrogens (tertiary/aromatic N) is 1. The summed E-state index contributed by atoms with van der Waals surface area (Å²) in [6.07, 6.45) is 5.42. The molecule has 1 amide bonds. The maximum absolute atomic E-state index is 12.0. The van der Waals surface area contributed by atoms with Crippen molar-refractivity contribution in [2.75, 3.05) is 33.2 Å². The minimum absolute atomic E-state index is 0.227. The third-order valence-electron chi connectivity index (χ3n) is 4.79. The van der Waals surface area contributed by atoms with Crippen LogP contribution < -0.4 is 10.6 Å². The minimum atomic E-state index is 0.227. The number of nitrogens with one attached hydrogen (secondary N) is 2. The summed E-state index contributed by atoms with van der Waals surface area (Å²) in [4.78, 5) is 14.3. The second-order valence-corrected chi connectivity index (χ2v) is 6.92. The van der Waals surface area contributed by atoms with Gasteiger partial charge in [0.1, 0.15) is 0 Å². The summed E-state index contributed by atoms with van der Waals surface area (Å²) >= 11 is 0. The molecule has 0 spiro atoms. The van der Waals surface area contributed by atoms with Gasteiger partial charge in [-0.05, 0) is 78.0 Å². The van der Waals surface area contributed by atoms with E-state index < -0.39 is 0 Å². The predicted octanol–water partition coefficient (Wildman–Crippen LogP) is 2.25. The number of amides is 1. The number of hydrogen-bond acceptors (Lipinski definition) is 3. The van der Waals surface area contributed by atoms with Crippen molar-refractivity contribution in [2.24, 2.45) is 11.8 Å². The fourth-order valence-corrected chi connectivity index (χ4v) is 2.87. The zero-order chi connectivity index (χ0) is 15.7. The van der Waals surface area contributed by atoms with Gasteiger partial charge in [0.25, 0.3) is 0 Å². The van der Waals surface area contributed by atoms with Gasteiger partial charge in [0.15, 0.2) is 0 Å². The molecule has 1 aliphatic heterocycles. The fraction of sp³-hybridized carbons (Fsp3) is 0.941. The van der Waals surface area contributed by atoms with Crippen molar-refractivity contribution in [1.82, 2.24) is 15.5 Å². The highest BCUT2D eigenvalue weighted by Gasteiger charge is 2.21. The van der Waals surface area contributed by atoms with Crippen LogP contribution in [0.2, 0.25) is 0 Å². The first-order valence-electron chi connectivity index (χ1n) is 8.68. The molecule has 0 aromatic heterocycles. The van der Waals surface area contributed by atoms with Gasteiger partial charge in [0.2, 0.25) is 5.91 Å². The summed E-state index contributed by atoms with van der Waals surface area (Å²) in [6.45, 7) is 10.8. The maximum atomic E-state index is 12.0. The number of piperidine rings is 1.